The molecule has 94 valence electrons. The molecule has 5 heteroatoms. The highest BCUT2D eigenvalue weighted by molar-refractivity contribution is 5.91. The van der Waals surface area contributed by atoms with Gasteiger partial charge in [-0.2, -0.15) is 0 Å². The molecule has 0 aliphatic heterocycles. The number of carbonyl (C=O) groups excluding carboxylic acids is 1. The molecule has 0 atom stereocenters. The summed E-state index contributed by atoms with van der Waals surface area (Å²) in [6.07, 6.45) is 0.840. The summed E-state index contributed by atoms with van der Waals surface area (Å²) < 4.78 is 18.5. The molecular weight excluding hydrogens is 223 g/mol. The molecule has 0 unspecified atom stereocenters. The van der Waals surface area contributed by atoms with Crippen molar-refractivity contribution < 1.29 is 13.9 Å². The first-order valence-electron chi connectivity index (χ1n) is 5.53. The van der Waals surface area contributed by atoms with Crippen molar-refractivity contribution in [2.45, 2.75) is 19.9 Å². The van der Waals surface area contributed by atoms with Crippen LogP contribution in [0.3, 0.4) is 0 Å². The number of nitrogens with two attached hydrogens (primary N) is 1. The highest BCUT2D eigenvalue weighted by Crippen LogP contribution is 2.15. The number of rotatable bonds is 6. The first-order chi connectivity index (χ1) is 8.17. The fourth-order valence-corrected chi connectivity index (χ4v) is 1.28. The Morgan fingerprint density at radius 3 is 2.88 bits per heavy atom. The summed E-state index contributed by atoms with van der Waals surface area (Å²) >= 11 is 0. The van der Waals surface area contributed by atoms with E-state index in [4.69, 9.17) is 10.5 Å². The first-order valence-corrected chi connectivity index (χ1v) is 5.53. The molecule has 0 saturated carbocycles. The van der Waals surface area contributed by atoms with Crippen LogP contribution < -0.4 is 11.1 Å². The molecule has 0 saturated heterocycles. The van der Waals surface area contributed by atoms with Crippen LogP contribution in [0.25, 0.3) is 0 Å². The number of anilines is 1. The van der Waals surface area contributed by atoms with Crippen molar-refractivity contribution in [3.8, 4) is 0 Å². The van der Waals surface area contributed by atoms with Crippen molar-refractivity contribution in [2.24, 2.45) is 5.73 Å². The molecule has 17 heavy (non-hydrogen) atoms. The molecule has 0 aliphatic carbocycles. The van der Waals surface area contributed by atoms with E-state index in [0.717, 1.165) is 6.42 Å². The molecule has 4 nitrogen and oxygen atoms in total. The SMILES string of the molecule is CCCOCC(=O)Nc1ccc(CN)cc1F. The smallest absolute Gasteiger partial charge is 0.250 e. The summed E-state index contributed by atoms with van der Waals surface area (Å²) in [7, 11) is 0. The van der Waals surface area contributed by atoms with Crippen molar-refractivity contribution in [2.75, 3.05) is 18.5 Å². The van der Waals surface area contributed by atoms with Crippen molar-refractivity contribution in [3.05, 3.63) is 29.6 Å². The number of amides is 1. The maximum atomic E-state index is 13.5. The summed E-state index contributed by atoms with van der Waals surface area (Å²) in [5.74, 6) is -0.852. The lowest BCUT2D eigenvalue weighted by Crippen LogP contribution is -2.19. The standard InChI is InChI=1S/C12H17FN2O2/c1-2-5-17-8-12(16)15-11-4-3-9(7-14)6-10(11)13/h3-4,6H,2,5,7-8,14H2,1H3,(H,15,16). The van der Waals surface area contributed by atoms with Gasteiger partial charge < -0.3 is 15.8 Å². The third-order valence-corrected chi connectivity index (χ3v) is 2.12. The molecule has 0 fully saturated rings. The summed E-state index contributed by atoms with van der Waals surface area (Å²) in [5, 5.41) is 2.44. The molecular formula is C12H17FN2O2. The Morgan fingerprint density at radius 1 is 1.53 bits per heavy atom. The van der Waals surface area contributed by atoms with Crippen LogP contribution in [0.2, 0.25) is 0 Å². The van der Waals surface area contributed by atoms with E-state index in [9.17, 15) is 9.18 Å². The van der Waals surface area contributed by atoms with Crippen LogP contribution in [0.1, 0.15) is 18.9 Å². The van der Waals surface area contributed by atoms with Gasteiger partial charge in [0.05, 0.1) is 5.69 Å². The zero-order chi connectivity index (χ0) is 12.7. The number of halogens is 1. The zero-order valence-electron chi connectivity index (χ0n) is 9.83. The predicted octanol–water partition coefficient (Wildman–Crippen LogP) is 1.65. The first kappa shape index (κ1) is 13.6. The van der Waals surface area contributed by atoms with Crippen molar-refractivity contribution >= 4 is 11.6 Å². The molecule has 0 heterocycles. The third-order valence-electron chi connectivity index (χ3n) is 2.12. The Morgan fingerprint density at radius 2 is 2.29 bits per heavy atom. The van der Waals surface area contributed by atoms with Crippen LogP contribution in [0.5, 0.6) is 0 Å². The minimum absolute atomic E-state index is 0.0636. The van der Waals surface area contributed by atoms with Gasteiger partial charge in [0, 0.05) is 13.2 Å². The van der Waals surface area contributed by atoms with Gasteiger partial charge in [0.15, 0.2) is 0 Å². The van der Waals surface area contributed by atoms with Crippen molar-refractivity contribution in [3.63, 3.8) is 0 Å². The number of ether oxygens (including phenoxy) is 1. The second-order valence-corrected chi connectivity index (χ2v) is 3.62. The van der Waals surface area contributed by atoms with E-state index < -0.39 is 5.82 Å². The highest BCUT2D eigenvalue weighted by atomic mass is 19.1. The Bertz CT molecular complexity index is 383. The maximum Gasteiger partial charge on any atom is 0.250 e. The number of benzene rings is 1. The van der Waals surface area contributed by atoms with E-state index in [1.54, 1.807) is 6.07 Å². The summed E-state index contributed by atoms with van der Waals surface area (Å²) in [4.78, 5) is 11.4. The van der Waals surface area contributed by atoms with Gasteiger partial charge in [-0.05, 0) is 24.1 Å². The molecule has 1 aromatic carbocycles. The summed E-state index contributed by atoms with van der Waals surface area (Å²) in [6, 6.07) is 4.48. The molecule has 0 aliphatic rings. The van der Waals surface area contributed by atoms with Crippen LogP contribution >= 0.6 is 0 Å². The van der Waals surface area contributed by atoms with E-state index in [1.807, 2.05) is 6.92 Å². The summed E-state index contributed by atoms with van der Waals surface area (Å²) in [5.41, 5.74) is 6.21. The topological polar surface area (TPSA) is 64.3 Å². The van der Waals surface area contributed by atoms with Crippen molar-refractivity contribution in [1.29, 1.82) is 0 Å². The van der Waals surface area contributed by atoms with E-state index in [2.05, 4.69) is 5.32 Å². The number of carbonyl (C=O) groups is 1. The van der Waals surface area contributed by atoms with E-state index >= 15 is 0 Å². The zero-order valence-corrected chi connectivity index (χ0v) is 9.83. The van der Waals surface area contributed by atoms with Gasteiger partial charge in [0.25, 0.3) is 0 Å². The van der Waals surface area contributed by atoms with Gasteiger partial charge in [0.1, 0.15) is 12.4 Å². The monoisotopic (exact) mass is 240 g/mol. The van der Waals surface area contributed by atoms with Gasteiger partial charge in [-0.3, -0.25) is 4.79 Å². The Hall–Kier alpha value is -1.46. The number of hydrogen-bond acceptors (Lipinski definition) is 3. The number of nitrogens with one attached hydrogen (secondary N) is 1. The largest absolute Gasteiger partial charge is 0.372 e. The second kappa shape index (κ2) is 6.98. The summed E-state index contributed by atoms with van der Waals surface area (Å²) in [6.45, 7) is 2.67. The quantitative estimate of drug-likeness (QED) is 0.743. The molecule has 0 spiro atoms. The minimum Gasteiger partial charge on any atom is -0.372 e. The van der Waals surface area contributed by atoms with Gasteiger partial charge >= 0.3 is 0 Å². The normalized spacial score (nSPS) is 10.3. The van der Waals surface area contributed by atoms with Crippen LogP contribution in [0.4, 0.5) is 10.1 Å². The van der Waals surface area contributed by atoms with Gasteiger partial charge in [-0.15, -0.1) is 0 Å². The van der Waals surface area contributed by atoms with Gasteiger partial charge in [-0.1, -0.05) is 13.0 Å². The molecule has 1 rings (SSSR count). The lowest BCUT2D eigenvalue weighted by Gasteiger charge is -2.07. The average Bonchev–Trinajstić information content (AvgIpc) is 2.32. The van der Waals surface area contributed by atoms with Crippen molar-refractivity contribution in [1.82, 2.24) is 0 Å². The predicted molar refractivity (Wildman–Crippen MR) is 64.0 cm³/mol. The van der Waals surface area contributed by atoms with E-state index in [-0.39, 0.29) is 24.7 Å². The fraction of sp³-hybridized carbons (Fsp3) is 0.417. The lowest BCUT2D eigenvalue weighted by atomic mass is 10.2. The minimum atomic E-state index is -0.489. The molecule has 3 N–H and O–H groups in total. The fourth-order valence-electron chi connectivity index (χ4n) is 1.28. The van der Waals surface area contributed by atoms with Crippen LogP contribution in [-0.4, -0.2) is 19.1 Å². The second-order valence-electron chi connectivity index (χ2n) is 3.62. The molecule has 1 aromatic rings. The lowest BCUT2D eigenvalue weighted by molar-refractivity contribution is -0.120. The van der Waals surface area contributed by atoms with E-state index in [1.165, 1.54) is 12.1 Å². The highest BCUT2D eigenvalue weighted by Gasteiger charge is 2.07. The van der Waals surface area contributed by atoms with Crippen LogP contribution in [-0.2, 0) is 16.1 Å². The van der Waals surface area contributed by atoms with Crippen LogP contribution in [0, 0.1) is 5.82 Å². The average molecular weight is 240 g/mol. The number of hydrogen-bond donors (Lipinski definition) is 2. The molecule has 0 radical (unpaired) electrons. The maximum absolute atomic E-state index is 13.5. The van der Waals surface area contributed by atoms with Crippen LogP contribution in [0.15, 0.2) is 18.2 Å². The molecule has 1 amide bonds. The van der Waals surface area contributed by atoms with E-state index in [0.29, 0.717) is 12.2 Å². The van der Waals surface area contributed by atoms with Gasteiger partial charge in [0.2, 0.25) is 5.91 Å². The Kier molecular flexibility index (Phi) is 5.59. The molecule has 0 bridgehead atoms. The molecule has 0 aromatic heterocycles. The Balaban J connectivity index is 2.53. The van der Waals surface area contributed by atoms with Gasteiger partial charge in [-0.25, -0.2) is 4.39 Å². The third kappa shape index (κ3) is 4.50. The Labute approximate surface area is 100.0 Å².